The molecule has 0 radical (unpaired) electrons. The van der Waals surface area contributed by atoms with E-state index in [1.165, 1.54) is 11.9 Å². The molecule has 0 aliphatic heterocycles. The average molecular weight is 435 g/mol. The Morgan fingerprint density at radius 2 is 1.72 bits per heavy atom. The van der Waals surface area contributed by atoms with Gasteiger partial charge >= 0.3 is 12.1 Å². The van der Waals surface area contributed by atoms with E-state index < -0.39 is 24.0 Å². The molecule has 0 heterocycles. The molecular weight excluding hydrogens is 410 g/mol. The minimum Gasteiger partial charge on any atom is -0.481 e. The quantitative estimate of drug-likeness (QED) is 0.624. The SMILES string of the molecule is CN(CCC#N)C(=O)C(CCC(=O)O)NC(=O)OCC1c2ccccc2-c2ccccc21. The summed E-state index contributed by atoms with van der Waals surface area (Å²) in [5.74, 6) is -1.66. The molecule has 0 bridgehead atoms. The highest BCUT2D eigenvalue weighted by molar-refractivity contribution is 5.86. The van der Waals surface area contributed by atoms with E-state index in [0.29, 0.717) is 0 Å². The maximum absolute atomic E-state index is 12.6. The largest absolute Gasteiger partial charge is 0.481 e. The smallest absolute Gasteiger partial charge is 0.407 e. The van der Waals surface area contributed by atoms with Crippen LogP contribution in [0.3, 0.4) is 0 Å². The summed E-state index contributed by atoms with van der Waals surface area (Å²) in [4.78, 5) is 37.4. The van der Waals surface area contributed by atoms with Gasteiger partial charge in [0.2, 0.25) is 5.91 Å². The van der Waals surface area contributed by atoms with Crippen LogP contribution in [0.1, 0.15) is 36.3 Å². The Labute approximate surface area is 186 Å². The Morgan fingerprint density at radius 1 is 1.12 bits per heavy atom. The van der Waals surface area contributed by atoms with E-state index in [0.717, 1.165) is 22.3 Å². The van der Waals surface area contributed by atoms with Crippen molar-refractivity contribution in [1.82, 2.24) is 10.2 Å². The van der Waals surface area contributed by atoms with E-state index in [2.05, 4.69) is 5.32 Å². The van der Waals surface area contributed by atoms with Crippen LogP contribution in [0, 0.1) is 11.3 Å². The Hall–Kier alpha value is -3.86. The molecule has 32 heavy (non-hydrogen) atoms. The number of nitriles is 1. The molecule has 0 spiro atoms. The van der Waals surface area contributed by atoms with E-state index >= 15 is 0 Å². The van der Waals surface area contributed by atoms with Crippen LogP contribution in [0.4, 0.5) is 4.79 Å². The van der Waals surface area contributed by atoms with Crippen LogP contribution in [0.2, 0.25) is 0 Å². The summed E-state index contributed by atoms with van der Waals surface area (Å²) >= 11 is 0. The third-order valence-corrected chi connectivity index (χ3v) is 5.52. The summed E-state index contributed by atoms with van der Waals surface area (Å²) in [6.07, 6.45) is -1.01. The molecule has 2 aromatic carbocycles. The fraction of sp³-hybridized carbons (Fsp3) is 0.333. The molecule has 2 aromatic rings. The van der Waals surface area contributed by atoms with Gasteiger partial charge in [-0.2, -0.15) is 5.26 Å². The minimum atomic E-state index is -1.07. The van der Waals surface area contributed by atoms with E-state index in [9.17, 15) is 14.4 Å². The van der Waals surface area contributed by atoms with Gasteiger partial charge < -0.3 is 20.1 Å². The molecule has 1 aliphatic carbocycles. The molecule has 0 fully saturated rings. The number of benzene rings is 2. The lowest BCUT2D eigenvalue weighted by Crippen LogP contribution is -2.48. The summed E-state index contributed by atoms with van der Waals surface area (Å²) in [7, 11) is 1.51. The summed E-state index contributed by atoms with van der Waals surface area (Å²) < 4.78 is 5.47. The predicted octanol–water partition coefficient (Wildman–Crippen LogP) is 3.13. The number of nitrogens with zero attached hydrogens (tertiary/aromatic N) is 2. The fourth-order valence-corrected chi connectivity index (χ4v) is 3.90. The first-order valence-electron chi connectivity index (χ1n) is 10.4. The van der Waals surface area contributed by atoms with Crippen LogP contribution in [0.15, 0.2) is 48.5 Å². The molecule has 166 valence electrons. The second-order valence-electron chi connectivity index (χ2n) is 7.62. The number of carboxylic acid groups (broad SMARTS) is 1. The lowest BCUT2D eigenvalue weighted by molar-refractivity contribution is -0.137. The maximum Gasteiger partial charge on any atom is 0.407 e. The second kappa shape index (κ2) is 10.4. The number of hydrogen-bond acceptors (Lipinski definition) is 5. The standard InChI is InChI=1S/C24H25N3O5/c1-27(14-6-13-25)23(30)21(11-12-22(28)29)26-24(31)32-15-20-18-9-4-2-7-16(18)17-8-3-5-10-19(17)20/h2-5,7-10,20-21H,6,11-12,14-15H2,1H3,(H,26,31)(H,28,29). The zero-order valence-electron chi connectivity index (χ0n) is 17.8. The molecule has 0 aromatic heterocycles. The summed E-state index contributed by atoms with van der Waals surface area (Å²) in [6.45, 7) is 0.273. The lowest BCUT2D eigenvalue weighted by atomic mass is 9.98. The molecule has 2 amide bonds. The van der Waals surface area contributed by atoms with Crippen molar-refractivity contribution in [3.63, 3.8) is 0 Å². The lowest BCUT2D eigenvalue weighted by Gasteiger charge is -2.24. The zero-order chi connectivity index (χ0) is 23.1. The number of carboxylic acids is 1. The Morgan fingerprint density at radius 3 is 2.28 bits per heavy atom. The van der Waals surface area contributed by atoms with Crippen molar-refractivity contribution >= 4 is 18.0 Å². The highest BCUT2D eigenvalue weighted by atomic mass is 16.5. The number of ether oxygens (including phenoxy) is 1. The number of amides is 2. The average Bonchev–Trinajstić information content (AvgIpc) is 3.12. The van der Waals surface area contributed by atoms with Crippen LogP contribution in [-0.4, -0.2) is 54.2 Å². The van der Waals surface area contributed by atoms with Gasteiger partial charge in [-0.1, -0.05) is 48.5 Å². The summed E-state index contributed by atoms with van der Waals surface area (Å²) in [6, 6.07) is 16.8. The van der Waals surface area contributed by atoms with Gasteiger partial charge in [-0.15, -0.1) is 0 Å². The van der Waals surface area contributed by atoms with Crippen molar-refractivity contribution in [2.75, 3.05) is 20.2 Å². The fourth-order valence-electron chi connectivity index (χ4n) is 3.90. The van der Waals surface area contributed by atoms with E-state index in [1.807, 2.05) is 54.6 Å². The van der Waals surface area contributed by atoms with Crippen molar-refractivity contribution in [3.05, 3.63) is 59.7 Å². The van der Waals surface area contributed by atoms with Crippen molar-refractivity contribution in [2.45, 2.75) is 31.2 Å². The number of likely N-dealkylation sites (N-methyl/N-ethyl adjacent to an activating group) is 1. The first kappa shape index (κ1) is 22.8. The first-order chi connectivity index (χ1) is 15.4. The molecule has 1 aliphatic rings. The van der Waals surface area contributed by atoms with Crippen molar-refractivity contribution in [1.29, 1.82) is 5.26 Å². The number of carbonyl (C=O) groups excluding carboxylic acids is 2. The maximum atomic E-state index is 12.6. The van der Waals surface area contributed by atoms with Gasteiger partial charge in [-0.25, -0.2) is 4.79 Å². The van der Waals surface area contributed by atoms with Crippen molar-refractivity contribution in [3.8, 4) is 17.2 Å². The highest BCUT2D eigenvalue weighted by Gasteiger charge is 2.30. The molecule has 8 heteroatoms. The van der Waals surface area contributed by atoms with Crippen LogP contribution in [0.5, 0.6) is 0 Å². The molecule has 0 saturated carbocycles. The number of alkyl carbamates (subject to hydrolysis) is 1. The van der Waals surface area contributed by atoms with E-state index in [-0.39, 0.29) is 38.3 Å². The molecule has 2 N–H and O–H groups in total. The van der Waals surface area contributed by atoms with E-state index in [4.69, 9.17) is 15.1 Å². The molecule has 0 saturated heterocycles. The summed E-state index contributed by atoms with van der Waals surface area (Å²) in [5.41, 5.74) is 4.34. The monoisotopic (exact) mass is 435 g/mol. The van der Waals surface area contributed by atoms with Gasteiger partial charge in [0, 0.05) is 25.9 Å². The van der Waals surface area contributed by atoms with Gasteiger partial charge in [-0.3, -0.25) is 9.59 Å². The molecule has 8 nitrogen and oxygen atoms in total. The van der Waals surface area contributed by atoms with Gasteiger partial charge in [0.1, 0.15) is 12.6 Å². The van der Waals surface area contributed by atoms with Gasteiger partial charge in [-0.05, 0) is 28.7 Å². The number of carbonyl (C=O) groups is 3. The Bertz CT molecular complexity index is 1000. The third-order valence-electron chi connectivity index (χ3n) is 5.52. The van der Waals surface area contributed by atoms with Gasteiger partial charge in [0.15, 0.2) is 0 Å². The predicted molar refractivity (Wildman–Crippen MR) is 117 cm³/mol. The number of aliphatic carboxylic acids is 1. The van der Waals surface area contributed by atoms with Crippen molar-refractivity contribution < 1.29 is 24.2 Å². The normalized spacial score (nSPS) is 12.8. The van der Waals surface area contributed by atoms with Crippen LogP contribution < -0.4 is 5.32 Å². The van der Waals surface area contributed by atoms with E-state index in [1.54, 1.807) is 0 Å². The minimum absolute atomic E-state index is 0.0742. The number of nitrogens with one attached hydrogen (secondary N) is 1. The molecule has 1 atom stereocenters. The molecular formula is C24H25N3O5. The van der Waals surface area contributed by atoms with Crippen LogP contribution >= 0.6 is 0 Å². The molecule has 1 unspecified atom stereocenters. The zero-order valence-corrected chi connectivity index (χ0v) is 17.8. The number of fused-ring (bicyclic) bond motifs is 3. The molecule has 3 rings (SSSR count). The first-order valence-corrected chi connectivity index (χ1v) is 10.4. The Balaban J connectivity index is 1.67. The van der Waals surface area contributed by atoms with Gasteiger partial charge in [0.05, 0.1) is 12.5 Å². The number of hydrogen-bond donors (Lipinski definition) is 2. The summed E-state index contributed by atoms with van der Waals surface area (Å²) in [5, 5.41) is 20.2. The van der Waals surface area contributed by atoms with Crippen LogP contribution in [-0.2, 0) is 14.3 Å². The topological polar surface area (TPSA) is 120 Å². The van der Waals surface area contributed by atoms with Gasteiger partial charge in [0.25, 0.3) is 0 Å². The van der Waals surface area contributed by atoms with Crippen LogP contribution in [0.25, 0.3) is 11.1 Å². The second-order valence-corrected chi connectivity index (χ2v) is 7.62. The third kappa shape index (κ3) is 5.24. The number of rotatable bonds is 9. The Kier molecular flexibility index (Phi) is 7.45. The van der Waals surface area contributed by atoms with Crippen molar-refractivity contribution in [2.24, 2.45) is 0 Å². The highest BCUT2D eigenvalue weighted by Crippen LogP contribution is 2.44.